The summed E-state index contributed by atoms with van der Waals surface area (Å²) in [6, 6.07) is 0. The molecule has 136 valence electrons. The molecule has 2 heterocycles. The van der Waals surface area contributed by atoms with Gasteiger partial charge in [0, 0.05) is 7.11 Å². The molecule has 0 fully saturated rings. The highest BCUT2D eigenvalue weighted by Gasteiger charge is 2.20. The Morgan fingerprint density at radius 3 is 2.92 bits per heavy atom. The number of thioether (sulfide) groups is 1. The molecule has 0 saturated carbocycles. The van der Waals surface area contributed by atoms with Crippen molar-refractivity contribution in [3.8, 4) is 0 Å². The van der Waals surface area contributed by atoms with Gasteiger partial charge < -0.3 is 20.2 Å². The fourth-order valence-corrected chi connectivity index (χ4v) is 3.78. The average Bonchev–Trinajstić information content (AvgIpc) is 2.91. The lowest BCUT2D eigenvalue weighted by Gasteiger charge is -2.02. The number of nitrogens with one attached hydrogen (secondary N) is 1. The van der Waals surface area contributed by atoms with Gasteiger partial charge >= 0.3 is 5.97 Å². The zero-order chi connectivity index (χ0) is 18.4. The lowest BCUT2D eigenvalue weighted by atomic mass is 10.2. The summed E-state index contributed by atoms with van der Waals surface area (Å²) in [5.74, 6) is 0.413. The van der Waals surface area contributed by atoms with Crippen molar-refractivity contribution in [2.24, 2.45) is 10.7 Å². The number of ether oxygens (including phenoxy) is 2. The second-order valence-electron chi connectivity index (χ2n) is 4.97. The van der Waals surface area contributed by atoms with Gasteiger partial charge in [-0.1, -0.05) is 11.8 Å². The molecule has 3 N–H and O–H groups in total. The van der Waals surface area contributed by atoms with Crippen LogP contribution in [-0.4, -0.2) is 48.0 Å². The lowest BCUT2D eigenvalue weighted by molar-refractivity contribution is 0.0531. The number of methoxy groups -OCH3 is 1. The molecule has 25 heavy (non-hydrogen) atoms. The van der Waals surface area contributed by atoms with Gasteiger partial charge in [-0.25, -0.2) is 9.78 Å². The Kier molecular flexibility index (Phi) is 6.97. The number of rotatable bonds is 7. The van der Waals surface area contributed by atoms with E-state index in [1.807, 2.05) is 0 Å². The second-order valence-corrected chi connectivity index (χ2v) is 6.97. The molecule has 0 aromatic carbocycles. The molecule has 0 radical (unpaired) electrons. The van der Waals surface area contributed by atoms with Crippen LogP contribution in [0.4, 0.5) is 0 Å². The minimum atomic E-state index is -0.437. The standard InChI is InChI=1S/C15H20N4O4S2/c1-4-23-14(21)11-8(2)10-12(20)18-9(19-13(10)25-11)7-24-15(16)17-5-6-22-3/h4-7H2,1-3H3,(H2,16,17)(H,18,19,20). The van der Waals surface area contributed by atoms with Crippen molar-refractivity contribution in [3.63, 3.8) is 0 Å². The van der Waals surface area contributed by atoms with Crippen molar-refractivity contribution < 1.29 is 14.3 Å². The smallest absolute Gasteiger partial charge is 0.348 e. The summed E-state index contributed by atoms with van der Waals surface area (Å²) in [5.41, 5.74) is 6.11. The third-order valence-electron chi connectivity index (χ3n) is 3.23. The molecule has 0 amide bonds. The van der Waals surface area contributed by atoms with Crippen LogP contribution in [0.1, 0.15) is 28.0 Å². The molecule has 0 spiro atoms. The monoisotopic (exact) mass is 384 g/mol. The molecule has 2 aromatic rings. The SMILES string of the molecule is CCOC(=O)c1sc2nc(CSC(N)=NCCOC)[nH]c(=O)c2c1C. The van der Waals surface area contributed by atoms with Gasteiger partial charge in [-0.3, -0.25) is 9.79 Å². The van der Waals surface area contributed by atoms with Crippen LogP contribution in [0.15, 0.2) is 9.79 Å². The predicted molar refractivity (Wildman–Crippen MR) is 101 cm³/mol. The molecule has 8 nitrogen and oxygen atoms in total. The first-order valence-corrected chi connectivity index (χ1v) is 9.39. The number of carbonyl (C=O) groups excluding carboxylic acids is 1. The molecule has 0 bridgehead atoms. The molecule has 0 atom stereocenters. The number of nitrogens with zero attached hydrogens (tertiary/aromatic N) is 2. The van der Waals surface area contributed by atoms with Crippen molar-refractivity contribution in [1.29, 1.82) is 0 Å². The van der Waals surface area contributed by atoms with E-state index in [0.717, 1.165) is 11.3 Å². The molecular weight excluding hydrogens is 364 g/mol. The minimum absolute atomic E-state index is 0.278. The largest absolute Gasteiger partial charge is 0.462 e. The zero-order valence-electron chi connectivity index (χ0n) is 14.2. The number of aromatic amines is 1. The number of fused-ring (bicyclic) bond motifs is 1. The van der Waals surface area contributed by atoms with Gasteiger partial charge in [0.1, 0.15) is 15.5 Å². The summed E-state index contributed by atoms with van der Waals surface area (Å²) >= 11 is 2.43. The molecule has 0 saturated heterocycles. The number of carbonyl (C=O) groups is 1. The van der Waals surface area contributed by atoms with Gasteiger partial charge in [-0.2, -0.15) is 0 Å². The van der Waals surface area contributed by atoms with Crippen LogP contribution in [0.2, 0.25) is 0 Å². The second kappa shape index (κ2) is 8.97. The molecule has 0 aliphatic rings. The van der Waals surface area contributed by atoms with Crippen LogP contribution in [0.25, 0.3) is 10.2 Å². The van der Waals surface area contributed by atoms with Gasteiger partial charge in [0.15, 0.2) is 5.17 Å². The van der Waals surface area contributed by atoms with Gasteiger partial charge in [-0.15, -0.1) is 11.3 Å². The minimum Gasteiger partial charge on any atom is -0.462 e. The Labute approximate surface area is 152 Å². The van der Waals surface area contributed by atoms with E-state index in [4.69, 9.17) is 15.2 Å². The summed E-state index contributed by atoms with van der Waals surface area (Å²) in [5, 5.41) is 0.818. The lowest BCUT2D eigenvalue weighted by Crippen LogP contribution is -2.13. The van der Waals surface area contributed by atoms with Crippen LogP contribution in [0.5, 0.6) is 0 Å². The Bertz CT molecular complexity index is 844. The molecule has 0 aliphatic carbocycles. The average molecular weight is 384 g/mol. The highest BCUT2D eigenvalue weighted by atomic mass is 32.2. The number of aryl methyl sites for hydroxylation is 1. The highest BCUT2D eigenvalue weighted by molar-refractivity contribution is 8.13. The summed E-state index contributed by atoms with van der Waals surface area (Å²) in [7, 11) is 1.59. The number of esters is 1. The van der Waals surface area contributed by atoms with Crippen LogP contribution in [0, 0.1) is 6.92 Å². The van der Waals surface area contributed by atoms with Crippen LogP contribution in [0.3, 0.4) is 0 Å². The van der Waals surface area contributed by atoms with Crippen LogP contribution in [-0.2, 0) is 15.2 Å². The number of H-pyrrole nitrogens is 1. The van der Waals surface area contributed by atoms with E-state index in [-0.39, 0.29) is 12.2 Å². The fraction of sp³-hybridized carbons (Fsp3) is 0.467. The molecule has 2 aromatic heterocycles. The van der Waals surface area contributed by atoms with Crippen molar-refractivity contribution >= 4 is 44.5 Å². The molecule has 0 unspecified atom stereocenters. The zero-order valence-corrected chi connectivity index (χ0v) is 15.9. The van der Waals surface area contributed by atoms with E-state index in [0.29, 0.717) is 50.6 Å². The van der Waals surface area contributed by atoms with Gasteiger partial charge in [-0.05, 0) is 19.4 Å². The molecule has 0 aliphatic heterocycles. The topological polar surface area (TPSA) is 120 Å². The highest BCUT2D eigenvalue weighted by Crippen LogP contribution is 2.28. The van der Waals surface area contributed by atoms with Gasteiger partial charge in [0.05, 0.1) is 30.9 Å². The number of nitrogens with two attached hydrogens (primary N) is 1. The van der Waals surface area contributed by atoms with E-state index >= 15 is 0 Å². The third-order valence-corrected chi connectivity index (χ3v) is 5.24. The van der Waals surface area contributed by atoms with Crippen molar-refractivity contribution in [3.05, 3.63) is 26.6 Å². The summed E-state index contributed by atoms with van der Waals surface area (Å²) in [4.78, 5) is 36.5. The number of hydrogen-bond acceptors (Lipinski definition) is 8. The van der Waals surface area contributed by atoms with E-state index in [1.54, 1.807) is 21.0 Å². The fourth-order valence-electron chi connectivity index (χ4n) is 2.08. The Morgan fingerprint density at radius 2 is 2.24 bits per heavy atom. The van der Waals surface area contributed by atoms with Crippen molar-refractivity contribution in [2.45, 2.75) is 19.6 Å². The first-order valence-electron chi connectivity index (χ1n) is 7.59. The molecule has 10 heteroatoms. The first kappa shape index (κ1) is 19.4. The summed E-state index contributed by atoms with van der Waals surface area (Å²) in [6.45, 7) is 4.70. The summed E-state index contributed by atoms with van der Waals surface area (Å²) < 4.78 is 9.92. The van der Waals surface area contributed by atoms with E-state index < -0.39 is 5.97 Å². The quantitative estimate of drug-likeness (QED) is 0.322. The number of aromatic nitrogens is 2. The number of hydrogen-bond donors (Lipinski definition) is 2. The first-order chi connectivity index (χ1) is 12.0. The number of aliphatic imine (C=N–C) groups is 1. The Morgan fingerprint density at radius 1 is 1.48 bits per heavy atom. The molecular formula is C15H20N4O4S2. The van der Waals surface area contributed by atoms with Crippen LogP contribution < -0.4 is 11.3 Å². The molecule has 2 rings (SSSR count). The van der Waals surface area contributed by atoms with E-state index in [9.17, 15) is 9.59 Å². The van der Waals surface area contributed by atoms with Crippen molar-refractivity contribution in [2.75, 3.05) is 26.9 Å². The van der Waals surface area contributed by atoms with Crippen LogP contribution >= 0.6 is 23.1 Å². The number of amidine groups is 1. The maximum atomic E-state index is 12.3. The van der Waals surface area contributed by atoms with Gasteiger partial charge in [0.2, 0.25) is 0 Å². The third kappa shape index (κ3) is 4.80. The van der Waals surface area contributed by atoms with E-state index in [2.05, 4.69) is 15.0 Å². The maximum Gasteiger partial charge on any atom is 0.348 e. The van der Waals surface area contributed by atoms with Gasteiger partial charge in [0.25, 0.3) is 5.56 Å². The predicted octanol–water partition coefficient (Wildman–Crippen LogP) is 1.66. The summed E-state index contributed by atoms with van der Waals surface area (Å²) in [6.07, 6.45) is 0. The Balaban J connectivity index is 2.22. The number of thiophene rings is 1. The normalized spacial score (nSPS) is 11.9. The Hall–Kier alpha value is -1.91. The van der Waals surface area contributed by atoms with E-state index in [1.165, 1.54) is 11.8 Å². The maximum absolute atomic E-state index is 12.3. The van der Waals surface area contributed by atoms with Crippen molar-refractivity contribution in [1.82, 2.24) is 9.97 Å².